The van der Waals surface area contributed by atoms with Crippen LogP contribution in [0, 0.1) is 0 Å². The lowest BCUT2D eigenvalue weighted by molar-refractivity contribution is -0.123. The number of amides is 1. The lowest BCUT2D eigenvalue weighted by atomic mass is 10.2. The molecular weight excluding hydrogens is 302 g/mol. The van der Waals surface area contributed by atoms with Crippen molar-refractivity contribution in [3.63, 3.8) is 0 Å². The van der Waals surface area contributed by atoms with E-state index in [0.29, 0.717) is 18.8 Å². The molecule has 1 rings (SSSR count). The molecule has 8 heteroatoms. The number of halogens is 1. The smallest absolute Gasteiger partial charge is 0.280 e. The van der Waals surface area contributed by atoms with E-state index in [1.165, 1.54) is 6.20 Å². The van der Waals surface area contributed by atoms with Gasteiger partial charge in [0.05, 0.1) is 0 Å². The molecule has 0 spiro atoms. The quantitative estimate of drug-likeness (QED) is 0.614. The van der Waals surface area contributed by atoms with Crippen molar-refractivity contribution < 1.29 is 13.2 Å². The molecule has 20 heavy (non-hydrogen) atoms. The largest absolute Gasteiger partial charge is 0.354 e. The highest BCUT2D eigenvalue weighted by Gasteiger charge is 2.22. The van der Waals surface area contributed by atoms with Crippen LogP contribution in [0.4, 0.5) is 0 Å². The van der Waals surface area contributed by atoms with Crippen molar-refractivity contribution in [1.82, 2.24) is 14.9 Å². The molecule has 0 aliphatic heterocycles. The number of hydrogen-bond acceptors (Lipinski definition) is 4. The minimum Gasteiger partial charge on any atom is -0.354 e. The lowest BCUT2D eigenvalue weighted by Gasteiger charge is -2.15. The van der Waals surface area contributed by atoms with Gasteiger partial charge in [0.25, 0.3) is 9.05 Å². The van der Waals surface area contributed by atoms with Crippen LogP contribution in [-0.2, 0) is 20.3 Å². The lowest BCUT2D eigenvalue weighted by Crippen LogP contribution is -2.32. The molecule has 0 aromatic carbocycles. The highest BCUT2D eigenvalue weighted by Crippen LogP contribution is 2.19. The van der Waals surface area contributed by atoms with Crippen molar-refractivity contribution in [2.75, 3.05) is 6.54 Å². The number of imidazole rings is 1. The predicted octanol–water partition coefficient (Wildman–Crippen LogP) is 1.85. The fraction of sp³-hybridized carbons (Fsp3) is 0.667. The van der Waals surface area contributed by atoms with E-state index in [4.69, 9.17) is 10.7 Å². The summed E-state index contributed by atoms with van der Waals surface area (Å²) >= 11 is 0. The van der Waals surface area contributed by atoms with Gasteiger partial charge in [0.2, 0.25) is 5.91 Å². The van der Waals surface area contributed by atoms with Crippen LogP contribution in [0.15, 0.2) is 11.2 Å². The van der Waals surface area contributed by atoms with E-state index < -0.39 is 15.1 Å². The summed E-state index contributed by atoms with van der Waals surface area (Å²) in [4.78, 5) is 16.0. The van der Waals surface area contributed by atoms with Crippen molar-refractivity contribution >= 4 is 25.6 Å². The third-order valence-corrected chi connectivity index (χ3v) is 4.15. The standard InChI is InChI=1S/C12H20ClN3O3S/c1-4-6-7-14-12(17)9(3)16-8-11(20(13,18)19)15-10(16)5-2/h8-9H,4-7H2,1-3H3,(H,14,17). The number of rotatable bonds is 7. The van der Waals surface area contributed by atoms with Crippen molar-refractivity contribution in [3.8, 4) is 0 Å². The second kappa shape index (κ2) is 7.08. The average Bonchev–Trinajstić information content (AvgIpc) is 2.81. The number of carbonyl (C=O) groups is 1. The van der Waals surface area contributed by atoms with Crippen LogP contribution in [0.5, 0.6) is 0 Å². The molecule has 0 fully saturated rings. The fourth-order valence-electron chi connectivity index (χ4n) is 1.78. The molecule has 1 amide bonds. The molecule has 1 aromatic heterocycles. The summed E-state index contributed by atoms with van der Waals surface area (Å²) in [5, 5.41) is 2.59. The Morgan fingerprint density at radius 1 is 1.50 bits per heavy atom. The van der Waals surface area contributed by atoms with E-state index in [1.54, 1.807) is 11.5 Å². The number of aromatic nitrogens is 2. The Labute approximate surface area is 123 Å². The van der Waals surface area contributed by atoms with Crippen molar-refractivity contribution in [1.29, 1.82) is 0 Å². The van der Waals surface area contributed by atoms with E-state index in [0.717, 1.165) is 12.8 Å². The summed E-state index contributed by atoms with van der Waals surface area (Å²) in [6, 6.07) is -0.526. The number of nitrogens with one attached hydrogen (secondary N) is 1. The molecule has 114 valence electrons. The number of carbonyl (C=O) groups excluding carboxylic acids is 1. The van der Waals surface area contributed by atoms with E-state index in [2.05, 4.69) is 10.3 Å². The number of unbranched alkanes of at least 4 members (excludes halogenated alkanes) is 1. The Kier molecular flexibility index (Phi) is 6.01. The van der Waals surface area contributed by atoms with E-state index in [1.807, 2.05) is 13.8 Å². The van der Waals surface area contributed by atoms with Gasteiger partial charge in [-0.3, -0.25) is 4.79 Å². The van der Waals surface area contributed by atoms with Gasteiger partial charge in [-0.2, -0.15) is 0 Å². The summed E-state index contributed by atoms with van der Waals surface area (Å²) in [6.45, 7) is 6.19. The Bertz CT molecular complexity index is 569. The van der Waals surface area contributed by atoms with Gasteiger partial charge in [0.1, 0.15) is 11.9 Å². The van der Waals surface area contributed by atoms with E-state index in [-0.39, 0.29) is 10.9 Å². The van der Waals surface area contributed by atoms with Crippen LogP contribution in [-0.4, -0.2) is 30.4 Å². The number of hydrogen-bond donors (Lipinski definition) is 1. The molecule has 1 atom stereocenters. The molecule has 1 N–H and O–H groups in total. The fourth-order valence-corrected chi connectivity index (χ4v) is 2.46. The molecule has 1 unspecified atom stereocenters. The summed E-state index contributed by atoms with van der Waals surface area (Å²) in [5.41, 5.74) is 0. The Balaban J connectivity index is 2.94. The topological polar surface area (TPSA) is 81.1 Å². The SMILES string of the molecule is CCCCNC(=O)C(C)n1cc(S(=O)(=O)Cl)nc1CC. The first-order valence-corrected chi connectivity index (χ1v) is 8.92. The second-order valence-corrected chi connectivity index (χ2v) is 7.03. The van der Waals surface area contributed by atoms with Crippen LogP contribution < -0.4 is 5.32 Å². The van der Waals surface area contributed by atoms with Gasteiger partial charge in [0, 0.05) is 29.8 Å². The first-order valence-electron chi connectivity index (χ1n) is 6.61. The number of aryl methyl sites for hydroxylation is 1. The van der Waals surface area contributed by atoms with Crippen LogP contribution in [0.25, 0.3) is 0 Å². The van der Waals surface area contributed by atoms with Gasteiger partial charge >= 0.3 is 0 Å². The summed E-state index contributed by atoms with van der Waals surface area (Å²) in [6.07, 6.45) is 3.73. The predicted molar refractivity (Wildman–Crippen MR) is 77.3 cm³/mol. The summed E-state index contributed by atoms with van der Waals surface area (Å²) in [7, 11) is 1.40. The molecule has 1 heterocycles. The van der Waals surface area contributed by atoms with E-state index >= 15 is 0 Å². The molecule has 0 saturated heterocycles. The molecule has 0 radical (unpaired) electrons. The third-order valence-electron chi connectivity index (χ3n) is 2.98. The molecule has 6 nitrogen and oxygen atoms in total. The maximum Gasteiger partial charge on any atom is 0.280 e. The monoisotopic (exact) mass is 321 g/mol. The van der Waals surface area contributed by atoms with Crippen molar-refractivity contribution in [2.45, 2.75) is 51.1 Å². The summed E-state index contributed by atoms with van der Waals surface area (Å²) < 4.78 is 24.2. The second-order valence-electron chi connectivity index (χ2n) is 4.51. The van der Waals surface area contributed by atoms with Crippen LogP contribution in [0.3, 0.4) is 0 Å². The average molecular weight is 322 g/mol. The van der Waals surface area contributed by atoms with Crippen LogP contribution >= 0.6 is 10.7 Å². The van der Waals surface area contributed by atoms with Gasteiger partial charge in [-0.1, -0.05) is 20.3 Å². The zero-order valence-electron chi connectivity index (χ0n) is 11.9. The first kappa shape index (κ1) is 17.0. The first-order chi connectivity index (χ1) is 9.31. The maximum absolute atomic E-state index is 12.0. The summed E-state index contributed by atoms with van der Waals surface area (Å²) in [5.74, 6) is 0.353. The van der Waals surface area contributed by atoms with Gasteiger partial charge in [-0.15, -0.1) is 0 Å². The minimum absolute atomic E-state index is 0.163. The Morgan fingerprint density at radius 2 is 2.15 bits per heavy atom. The minimum atomic E-state index is -3.89. The molecule has 0 aliphatic rings. The van der Waals surface area contributed by atoms with Gasteiger partial charge in [-0.05, 0) is 13.3 Å². The zero-order chi connectivity index (χ0) is 15.3. The highest BCUT2D eigenvalue weighted by atomic mass is 35.7. The zero-order valence-corrected chi connectivity index (χ0v) is 13.5. The Morgan fingerprint density at radius 3 is 2.65 bits per heavy atom. The van der Waals surface area contributed by atoms with Gasteiger partial charge in [0.15, 0.2) is 5.03 Å². The van der Waals surface area contributed by atoms with Crippen LogP contribution in [0.2, 0.25) is 0 Å². The van der Waals surface area contributed by atoms with Gasteiger partial charge < -0.3 is 9.88 Å². The van der Waals surface area contributed by atoms with E-state index in [9.17, 15) is 13.2 Å². The molecule has 0 saturated carbocycles. The normalized spacial score (nSPS) is 13.2. The third kappa shape index (κ3) is 4.21. The molecule has 0 bridgehead atoms. The highest BCUT2D eigenvalue weighted by molar-refractivity contribution is 8.13. The van der Waals surface area contributed by atoms with Crippen LogP contribution in [0.1, 0.15) is 45.5 Å². The molecule has 1 aromatic rings. The Hall–Kier alpha value is -1.08. The number of nitrogens with zero attached hydrogens (tertiary/aromatic N) is 2. The van der Waals surface area contributed by atoms with Crippen molar-refractivity contribution in [2.24, 2.45) is 0 Å². The molecule has 0 aliphatic carbocycles. The molecular formula is C12H20ClN3O3S. The van der Waals surface area contributed by atoms with Crippen molar-refractivity contribution in [3.05, 3.63) is 12.0 Å². The van der Waals surface area contributed by atoms with Gasteiger partial charge in [-0.25, -0.2) is 13.4 Å². The maximum atomic E-state index is 12.0.